The zero-order chi connectivity index (χ0) is 21.2. The van der Waals surface area contributed by atoms with Crippen molar-refractivity contribution in [3.05, 3.63) is 48.2 Å². The first kappa shape index (κ1) is 21.4. The van der Waals surface area contributed by atoms with E-state index in [9.17, 15) is 17.2 Å². The summed E-state index contributed by atoms with van der Waals surface area (Å²) in [5.74, 6) is -1.57. The minimum Gasteiger partial charge on any atom is -0.367 e. The number of anilines is 2. The van der Waals surface area contributed by atoms with Gasteiger partial charge in [0.2, 0.25) is 0 Å². The molecule has 0 aliphatic carbocycles. The van der Waals surface area contributed by atoms with Gasteiger partial charge in [0.25, 0.3) is 10.0 Å². The predicted molar refractivity (Wildman–Crippen MR) is 109 cm³/mol. The second-order valence-corrected chi connectivity index (χ2v) is 9.87. The number of rotatable bonds is 5. The largest absolute Gasteiger partial charge is 0.367 e. The number of halogens is 2. The number of nitrogens with zero attached hydrogens (tertiary/aromatic N) is 2. The number of aromatic nitrogens is 1. The average Bonchev–Trinajstić information content (AvgIpc) is 2.65. The summed E-state index contributed by atoms with van der Waals surface area (Å²) in [5.41, 5.74) is 0.0938. The van der Waals surface area contributed by atoms with Crippen LogP contribution in [0, 0.1) is 11.6 Å². The van der Waals surface area contributed by atoms with Crippen molar-refractivity contribution in [3.8, 4) is 0 Å². The van der Waals surface area contributed by atoms with Crippen LogP contribution in [0.4, 0.5) is 20.3 Å². The Hall–Kier alpha value is -2.26. The van der Waals surface area contributed by atoms with Crippen LogP contribution in [0.25, 0.3) is 0 Å². The van der Waals surface area contributed by atoms with Crippen molar-refractivity contribution in [3.63, 3.8) is 0 Å². The number of piperidine rings is 1. The minimum atomic E-state index is -3.95. The molecular weight excluding hydrogens is 398 g/mol. The number of nitrogens with one attached hydrogen (secondary N) is 2. The van der Waals surface area contributed by atoms with Crippen molar-refractivity contribution in [1.82, 2.24) is 9.88 Å². The van der Waals surface area contributed by atoms with Gasteiger partial charge in [-0.3, -0.25) is 9.62 Å². The third-order valence-electron chi connectivity index (χ3n) is 5.01. The van der Waals surface area contributed by atoms with Crippen LogP contribution in [0.2, 0.25) is 0 Å². The summed E-state index contributed by atoms with van der Waals surface area (Å²) in [7, 11) is -3.95. The van der Waals surface area contributed by atoms with E-state index in [2.05, 4.69) is 40.7 Å². The first-order chi connectivity index (χ1) is 13.5. The van der Waals surface area contributed by atoms with Crippen molar-refractivity contribution in [1.29, 1.82) is 0 Å². The summed E-state index contributed by atoms with van der Waals surface area (Å²) < 4.78 is 53.4. The van der Waals surface area contributed by atoms with E-state index in [0.717, 1.165) is 44.1 Å². The molecular formula is C20H26F2N4O2S. The van der Waals surface area contributed by atoms with Crippen molar-refractivity contribution >= 4 is 21.5 Å². The van der Waals surface area contributed by atoms with E-state index in [0.29, 0.717) is 5.82 Å². The van der Waals surface area contributed by atoms with Crippen LogP contribution < -0.4 is 10.0 Å². The van der Waals surface area contributed by atoms with E-state index < -0.39 is 21.7 Å². The van der Waals surface area contributed by atoms with E-state index in [-0.39, 0.29) is 22.2 Å². The molecule has 2 heterocycles. The van der Waals surface area contributed by atoms with E-state index in [1.165, 1.54) is 12.3 Å². The van der Waals surface area contributed by atoms with Crippen molar-refractivity contribution < 1.29 is 17.2 Å². The molecule has 9 heteroatoms. The normalized spacial score (nSPS) is 16.6. The number of hydrogen-bond donors (Lipinski definition) is 2. The highest BCUT2D eigenvalue weighted by Crippen LogP contribution is 2.23. The monoisotopic (exact) mass is 424 g/mol. The molecule has 1 aromatic carbocycles. The first-order valence-electron chi connectivity index (χ1n) is 9.50. The topological polar surface area (TPSA) is 74.3 Å². The quantitative estimate of drug-likeness (QED) is 0.763. The lowest BCUT2D eigenvalue weighted by Crippen LogP contribution is -2.48. The first-order valence-corrected chi connectivity index (χ1v) is 11.0. The van der Waals surface area contributed by atoms with Gasteiger partial charge in [0.1, 0.15) is 10.7 Å². The Bertz CT molecular complexity index is 951. The van der Waals surface area contributed by atoms with Crippen LogP contribution >= 0.6 is 0 Å². The Balaban J connectivity index is 1.61. The molecule has 0 bridgehead atoms. The van der Waals surface area contributed by atoms with E-state index in [1.54, 1.807) is 6.07 Å². The maximum atomic E-state index is 13.3. The van der Waals surface area contributed by atoms with Crippen LogP contribution in [0.3, 0.4) is 0 Å². The third-order valence-corrected chi connectivity index (χ3v) is 6.38. The Morgan fingerprint density at radius 2 is 1.76 bits per heavy atom. The lowest BCUT2D eigenvalue weighted by molar-refractivity contribution is 0.106. The molecule has 6 nitrogen and oxygen atoms in total. The maximum absolute atomic E-state index is 13.3. The fourth-order valence-corrected chi connectivity index (χ4v) is 4.30. The molecule has 0 amide bonds. The van der Waals surface area contributed by atoms with Gasteiger partial charge in [0.05, 0.1) is 5.69 Å². The van der Waals surface area contributed by atoms with Crippen LogP contribution in [0.1, 0.15) is 33.6 Å². The van der Waals surface area contributed by atoms with Crippen LogP contribution in [0.5, 0.6) is 0 Å². The summed E-state index contributed by atoms with van der Waals surface area (Å²) in [5, 5.41) is 3.35. The van der Waals surface area contributed by atoms with Gasteiger partial charge in [-0.2, -0.15) is 0 Å². The molecule has 0 spiro atoms. The number of hydrogen-bond acceptors (Lipinski definition) is 5. The smallest absolute Gasteiger partial charge is 0.263 e. The standard InChI is InChI=1S/C20H26F2N4O2S/c1-20(2,3)26-10-8-14(9-11-26)24-19-7-5-16(13-23-19)29(27,28)25-15-4-6-17(21)18(22)12-15/h4-7,12-14,25H,8-11H2,1-3H3,(H,23,24). The van der Waals surface area contributed by atoms with Gasteiger partial charge in [-0.15, -0.1) is 0 Å². The van der Waals surface area contributed by atoms with Crippen molar-refractivity contribution in [2.24, 2.45) is 0 Å². The van der Waals surface area contributed by atoms with Crippen LogP contribution in [-0.2, 0) is 10.0 Å². The van der Waals surface area contributed by atoms with Crippen molar-refractivity contribution in [2.45, 2.75) is 50.1 Å². The summed E-state index contributed by atoms with van der Waals surface area (Å²) in [6.45, 7) is 8.60. The Kier molecular flexibility index (Phi) is 6.09. The molecule has 1 saturated heterocycles. The van der Waals surface area contributed by atoms with Crippen molar-refractivity contribution in [2.75, 3.05) is 23.1 Å². The lowest BCUT2D eigenvalue weighted by atomic mass is 9.98. The SMILES string of the molecule is CC(C)(C)N1CCC(Nc2ccc(S(=O)(=O)Nc3ccc(F)c(F)c3)cn2)CC1. The Morgan fingerprint density at radius 3 is 2.31 bits per heavy atom. The van der Waals surface area contributed by atoms with E-state index in [1.807, 2.05) is 0 Å². The number of likely N-dealkylation sites (tertiary alicyclic amines) is 1. The average molecular weight is 425 g/mol. The fraction of sp³-hybridized carbons (Fsp3) is 0.450. The lowest BCUT2D eigenvalue weighted by Gasteiger charge is -2.41. The zero-order valence-corrected chi connectivity index (χ0v) is 17.6. The highest BCUT2D eigenvalue weighted by molar-refractivity contribution is 7.92. The van der Waals surface area contributed by atoms with E-state index in [4.69, 9.17) is 0 Å². The number of sulfonamides is 1. The molecule has 2 N–H and O–H groups in total. The van der Waals surface area contributed by atoms with Gasteiger partial charge in [0, 0.05) is 36.9 Å². The highest BCUT2D eigenvalue weighted by atomic mass is 32.2. The molecule has 1 fully saturated rings. The van der Waals surface area contributed by atoms with Gasteiger partial charge in [-0.1, -0.05) is 0 Å². The second kappa shape index (κ2) is 8.23. The summed E-state index contributed by atoms with van der Waals surface area (Å²) in [6, 6.07) is 6.13. The van der Waals surface area contributed by atoms with Gasteiger partial charge in [-0.05, 0) is 57.9 Å². The summed E-state index contributed by atoms with van der Waals surface area (Å²) in [4.78, 5) is 6.59. The Labute approximate surface area is 170 Å². The predicted octanol–water partition coefficient (Wildman–Crippen LogP) is 3.84. The fourth-order valence-electron chi connectivity index (χ4n) is 3.30. The maximum Gasteiger partial charge on any atom is 0.263 e. The Morgan fingerprint density at radius 1 is 1.07 bits per heavy atom. The van der Waals surface area contributed by atoms with E-state index >= 15 is 0 Å². The minimum absolute atomic E-state index is 0.0586. The van der Waals surface area contributed by atoms with Gasteiger partial charge < -0.3 is 5.32 Å². The molecule has 29 heavy (non-hydrogen) atoms. The van der Waals surface area contributed by atoms with Gasteiger partial charge in [-0.25, -0.2) is 22.2 Å². The molecule has 0 saturated carbocycles. The number of benzene rings is 1. The molecule has 1 aliphatic rings. The molecule has 158 valence electrons. The van der Waals surface area contributed by atoms with Gasteiger partial charge >= 0.3 is 0 Å². The molecule has 3 rings (SSSR count). The molecule has 1 aromatic heterocycles. The van der Waals surface area contributed by atoms with Crippen LogP contribution in [-0.4, -0.2) is 43.0 Å². The summed E-state index contributed by atoms with van der Waals surface area (Å²) in [6.07, 6.45) is 3.21. The summed E-state index contributed by atoms with van der Waals surface area (Å²) >= 11 is 0. The zero-order valence-electron chi connectivity index (χ0n) is 16.7. The third kappa shape index (κ3) is 5.42. The van der Waals surface area contributed by atoms with Gasteiger partial charge in [0.15, 0.2) is 11.6 Å². The second-order valence-electron chi connectivity index (χ2n) is 8.19. The molecule has 0 unspecified atom stereocenters. The molecule has 2 aromatic rings. The molecule has 1 aliphatic heterocycles. The number of pyridine rings is 1. The highest BCUT2D eigenvalue weighted by Gasteiger charge is 2.27. The van der Waals surface area contributed by atoms with Crippen LogP contribution in [0.15, 0.2) is 41.4 Å². The molecule has 0 radical (unpaired) electrons. The molecule has 0 atom stereocenters.